The van der Waals surface area contributed by atoms with E-state index in [1.807, 2.05) is 41.8 Å². The predicted molar refractivity (Wildman–Crippen MR) is 118 cm³/mol. The second kappa shape index (κ2) is 8.43. The van der Waals surface area contributed by atoms with Gasteiger partial charge < -0.3 is 5.32 Å². The molecule has 4 nitrogen and oxygen atoms in total. The third-order valence-electron chi connectivity index (χ3n) is 4.54. The number of nitrogens with zero attached hydrogens (tertiary/aromatic N) is 2. The minimum absolute atomic E-state index is 0.0105. The molecular formula is C21H19N3OS3. The van der Waals surface area contributed by atoms with Crippen LogP contribution in [0.1, 0.15) is 26.9 Å². The highest BCUT2D eigenvalue weighted by molar-refractivity contribution is 8.00. The number of amides is 1. The Bertz CT molecular complexity index is 1090. The highest BCUT2D eigenvalue weighted by Gasteiger charge is 2.19. The van der Waals surface area contributed by atoms with Gasteiger partial charge in [-0.15, -0.1) is 22.7 Å². The summed E-state index contributed by atoms with van der Waals surface area (Å²) in [5.74, 6) is 0.304. The average molecular weight is 426 g/mol. The summed E-state index contributed by atoms with van der Waals surface area (Å²) >= 11 is 4.78. The van der Waals surface area contributed by atoms with Crippen molar-refractivity contribution in [2.24, 2.45) is 0 Å². The number of aryl methyl sites for hydroxylation is 2. The summed E-state index contributed by atoms with van der Waals surface area (Å²) in [7, 11) is 0. The molecule has 28 heavy (non-hydrogen) atoms. The highest BCUT2D eigenvalue weighted by atomic mass is 32.2. The molecule has 3 aromatic heterocycles. The summed E-state index contributed by atoms with van der Waals surface area (Å²) in [6, 6.07) is 14.0. The number of hydrogen-bond donors (Lipinski definition) is 1. The predicted octanol–water partition coefficient (Wildman–Crippen LogP) is 5.37. The van der Waals surface area contributed by atoms with Crippen LogP contribution >= 0.6 is 34.4 Å². The second-order valence-electron chi connectivity index (χ2n) is 6.36. The summed E-state index contributed by atoms with van der Waals surface area (Å²) in [4.78, 5) is 24.9. The van der Waals surface area contributed by atoms with Crippen LogP contribution in [-0.2, 0) is 4.79 Å². The first-order valence-electron chi connectivity index (χ1n) is 8.84. The standard InChI is InChI=1S/C21H19N3OS3/c1-13-14(2)28-21-18(13)20(22-12-23-21)27-11-17(25)24-19(16-9-6-10-26-16)15-7-4-3-5-8-15/h3-10,12,19H,11H2,1-2H3,(H,24,25). The van der Waals surface area contributed by atoms with E-state index in [9.17, 15) is 4.79 Å². The van der Waals surface area contributed by atoms with E-state index in [4.69, 9.17) is 0 Å². The number of fused-ring (bicyclic) bond motifs is 1. The van der Waals surface area contributed by atoms with Gasteiger partial charge in [-0.2, -0.15) is 0 Å². The summed E-state index contributed by atoms with van der Waals surface area (Å²) in [5.41, 5.74) is 2.28. The molecule has 0 radical (unpaired) electrons. The van der Waals surface area contributed by atoms with Crippen LogP contribution in [0.2, 0.25) is 0 Å². The van der Waals surface area contributed by atoms with Gasteiger partial charge in [-0.3, -0.25) is 4.79 Å². The van der Waals surface area contributed by atoms with E-state index >= 15 is 0 Å². The first kappa shape index (κ1) is 19.1. The molecule has 0 saturated heterocycles. The van der Waals surface area contributed by atoms with Crippen molar-refractivity contribution in [1.82, 2.24) is 15.3 Å². The van der Waals surface area contributed by atoms with Crippen LogP contribution in [0, 0.1) is 13.8 Å². The molecule has 0 bridgehead atoms. The SMILES string of the molecule is Cc1sc2ncnc(SCC(=O)NC(c3ccccc3)c3cccs3)c2c1C. The van der Waals surface area contributed by atoms with Gasteiger partial charge in [0.25, 0.3) is 0 Å². The number of benzene rings is 1. The fourth-order valence-electron chi connectivity index (χ4n) is 3.02. The minimum atomic E-state index is -0.134. The maximum Gasteiger partial charge on any atom is 0.231 e. The third kappa shape index (κ3) is 3.97. The van der Waals surface area contributed by atoms with Gasteiger partial charge in [0.15, 0.2) is 0 Å². The fraction of sp³-hybridized carbons (Fsp3) is 0.190. The lowest BCUT2D eigenvalue weighted by molar-refractivity contribution is -0.119. The van der Waals surface area contributed by atoms with Crippen LogP contribution in [-0.4, -0.2) is 21.6 Å². The lowest BCUT2D eigenvalue weighted by Gasteiger charge is -2.18. The molecular weight excluding hydrogens is 406 g/mol. The normalized spacial score (nSPS) is 12.2. The lowest BCUT2D eigenvalue weighted by atomic mass is 10.1. The highest BCUT2D eigenvalue weighted by Crippen LogP contribution is 2.34. The molecule has 3 heterocycles. The molecule has 142 valence electrons. The second-order valence-corrected chi connectivity index (χ2v) is 9.50. The Labute approximate surface area is 176 Å². The van der Waals surface area contributed by atoms with Crippen LogP contribution in [0.3, 0.4) is 0 Å². The van der Waals surface area contributed by atoms with Crippen molar-refractivity contribution in [3.05, 3.63) is 75.1 Å². The van der Waals surface area contributed by atoms with E-state index in [0.717, 1.165) is 25.7 Å². The topological polar surface area (TPSA) is 54.9 Å². The van der Waals surface area contributed by atoms with E-state index in [1.165, 1.54) is 22.2 Å². The van der Waals surface area contributed by atoms with E-state index in [1.54, 1.807) is 29.0 Å². The smallest absolute Gasteiger partial charge is 0.231 e. The van der Waals surface area contributed by atoms with E-state index in [-0.39, 0.29) is 11.9 Å². The number of thioether (sulfide) groups is 1. The molecule has 7 heteroatoms. The molecule has 0 saturated carbocycles. The maximum atomic E-state index is 12.8. The molecule has 1 unspecified atom stereocenters. The average Bonchev–Trinajstić information content (AvgIpc) is 3.34. The molecule has 0 aliphatic rings. The van der Waals surface area contributed by atoms with Gasteiger partial charge in [0.1, 0.15) is 16.2 Å². The largest absolute Gasteiger partial charge is 0.344 e. The number of thiophene rings is 2. The number of carbonyl (C=O) groups is 1. The van der Waals surface area contributed by atoms with E-state index in [2.05, 4.69) is 35.2 Å². The number of carbonyl (C=O) groups excluding carboxylic acids is 1. The van der Waals surface area contributed by atoms with Crippen molar-refractivity contribution in [2.45, 2.75) is 24.9 Å². The molecule has 0 fully saturated rings. The molecule has 0 aliphatic carbocycles. The van der Waals surface area contributed by atoms with Gasteiger partial charge in [-0.1, -0.05) is 48.2 Å². The number of nitrogens with one attached hydrogen (secondary N) is 1. The van der Waals surface area contributed by atoms with Crippen molar-refractivity contribution in [1.29, 1.82) is 0 Å². The van der Waals surface area contributed by atoms with Gasteiger partial charge >= 0.3 is 0 Å². The zero-order chi connectivity index (χ0) is 19.5. The quantitative estimate of drug-likeness (QED) is 0.333. The van der Waals surface area contributed by atoms with Crippen LogP contribution in [0.25, 0.3) is 10.2 Å². The first-order valence-corrected chi connectivity index (χ1v) is 11.5. The molecule has 1 amide bonds. The minimum Gasteiger partial charge on any atom is -0.344 e. The Morgan fingerprint density at radius 1 is 1.14 bits per heavy atom. The first-order chi connectivity index (χ1) is 13.6. The van der Waals surface area contributed by atoms with Gasteiger partial charge in [0.05, 0.1) is 11.8 Å². The van der Waals surface area contributed by atoms with Gasteiger partial charge in [0, 0.05) is 15.1 Å². The van der Waals surface area contributed by atoms with Gasteiger partial charge in [-0.25, -0.2) is 9.97 Å². The van der Waals surface area contributed by atoms with Crippen LogP contribution in [0.5, 0.6) is 0 Å². The van der Waals surface area contributed by atoms with Crippen molar-refractivity contribution < 1.29 is 4.79 Å². The van der Waals surface area contributed by atoms with Gasteiger partial charge in [0.2, 0.25) is 5.91 Å². The number of hydrogen-bond acceptors (Lipinski definition) is 6. The van der Waals surface area contributed by atoms with E-state index < -0.39 is 0 Å². The Balaban J connectivity index is 1.51. The monoisotopic (exact) mass is 425 g/mol. The van der Waals surface area contributed by atoms with Crippen LogP contribution < -0.4 is 5.32 Å². The van der Waals surface area contributed by atoms with Gasteiger partial charge in [-0.05, 0) is 36.4 Å². The Hall–Kier alpha value is -2.22. The third-order valence-corrected chi connectivity index (χ3v) is 7.58. The molecule has 0 aliphatic heterocycles. The van der Waals surface area contributed by atoms with Crippen molar-refractivity contribution in [2.75, 3.05) is 5.75 Å². The Morgan fingerprint density at radius 3 is 2.71 bits per heavy atom. The van der Waals surface area contributed by atoms with Crippen molar-refractivity contribution >= 4 is 50.6 Å². The van der Waals surface area contributed by atoms with Crippen LogP contribution in [0.4, 0.5) is 0 Å². The molecule has 4 aromatic rings. The molecule has 0 spiro atoms. The molecule has 4 rings (SSSR count). The zero-order valence-corrected chi connectivity index (χ0v) is 18.0. The fourth-order valence-corrected chi connectivity index (χ4v) is 5.75. The number of aromatic nitrogens is 2. The molecule has 1 N–H and O–H groups in total. The molecule has 1 aromatic carbocycles. The van der Waals surface area contributed by atoms with Crippen molar-refractivity contribution in [3.8, 4) is 0 Å². The Morgan fingerprint density at radius 2 is 1.96 bits per heavy atom. The van der Waals surface area contributed by atoms with E-state index in [0.29, 0.717) is 5.75 Å². The maximum absolute atomic E-state index is 12.8. The van der Waals surface area contributed by atoms with Crippen LogP contribution in [0.15, 0.2) is 59.2 Å². The molecule has 1 atom stereocenters. The van der Waals surface area contributed by atoms with Crippen molar-refractivity contribution in [3.63, 3.8) is 0 Å². The summed E-state index contributed by atoms with van der Waals surface area (Å²) in [5, 5.41) is 7.16. The zero-order valence-electron chi connectivity index (χ0n) is 15.5. The lowest BCUT2D eigenvalue weighted by Crippen LogP contribution is -2.30. The summed E-state index contributed by atoms with van der Waals surface area (Å²) in [6.07, 6.45) is 1.58. The Kier molecular flexibility index (Phi) is 5.75. The summed E-state index contributed by atoms with van der Waals surface area (Å²) < 4.78 is 0. The summed E-state index contributed by atoms with van der Waals surface area (Å²) in [6.45, 7) is 4.18. The number of rotatable bonds is 6.